The number of alkyl halides is 3. The van der Waals surface area contributed by atoms with Crippen molar-refractivity contribution in [3.05, 3.63) is 0 Å². The van der Waals surface area contributed by atoms with Crippen LogP contribution in [-0.4, -0.2) is 40.8 Å². The van der Waals surface area contributed by atoms with Gasteiger partial charge in [0.2, 0.25) is 0 Å². The van der Waals surface area contributed by atoms with Gasteiger partial charge < -0.3 is 5.11 Å². The van der Waals surface area contributed by atoms with Gasteiger partial charge in [0.05, 0.1) is 12.3 Å². The van der Waals surface area contributed by atoms with E-state index < -0.39 is 23.6 Å². The van der Waals surface area contributed by atoms with Crippen LogP contribution in [0.3, 0.4) is 0 Å². The number of aliphatic carboxylic acids is 1. The summed E-state index contributed by atoms with van der Waals surface area (Å²) in [4.78, 5) is 13.2. The monoisotopic (exact) mass is 279 g/mol. The number of carboxylic acid groups (broad SMARTS) is 1. The first-order valence-electron chi connectivity index (χ1n) is 6.87. The summed E-state index contributed by atoms with van der Waals surface area (Å²) < 4.78 is 38.1. The highest BCUT2D eigenvalue weighted by Gasteiger charge is 2.49. The lowest BCUT2D eigenvalue weighted by Gasteiger charge is -2.46. The molecule has 1 heterocycles. The van der Waals surface area contributed by atoms with E-state index >= 15 is 0 Å². The lowest BCUT2D eigenvalue weighted by molar-refractivity contribution is -0.189. The topological polar surface area (TPSA) is 40.5 Å². The molecule has 0 aromatic rings. The predicted molar refractivity (Wildman–Crippen MR) is 63.8 cm³/mol. The first-order valence-corrected chi connectivity index (χ1v) is 6.87. The van der Waals surface area contributed by atoms with E-state index in [1.807, 2.05) is 0 Å². The molecule has 0 bridgehead atoms. The maximum absolute atomic E-state index is 12.7. The Morgan fingerprint density at radius 1 is 1.21 bits per heavy atom. The summed E-state index contributed by atoms with van der Waals surface area (Å²) in [5.41, 5.74) is -0.538. The first kappa shape index (κ1) is 14.6. The van der Waals surface area contributed by atoms with E-state index in [-0.39, 0.29) is 19.3 Å². The third-order valence-corrected chi connectivity index (χ3v) is 4.64. The number of nitrogens with zero attached hydrogens (tertiary/aromatic N) is 1. The van der Waals surface area contributed by atoms with Crippen LogP contribution in [0.4, 0.5) is 13.2 Å². The largest absolute Gasteiger partial charge is 0.481 e. The Labute approximate surface area is 110 Å². The molecule has 19 heavy (non-hydrogen) atoms. The molecule has 1 aliphatic heterocycles. The second kappa shape index (κ2) is 5.31. The van der Waals surface area contributed by atoms with Gasteiger partial charge in [-0.1, -0.05) is 0 Å². The van der Waals surface area contributed by atoms with Gasteiger partial charge in [0.1, 0.15) is 0 Å². The molecule has 6 heteroatoms. The van der Waals surface area contributed by atoms with Gasteiger partial charge in [-0.25, -0.2) is 0 Å². The van der Waals surface area contributed by atoms with Gasteiger partial charge in [-0.2, -0.15) is 13.2 Å². The molecule has 110 valence electrons. The summed E-state index contributed by atoms with van der Waals surface area (Å²) in [5.74, 6) is -2.16. The number of hydrogen-bond acceptors (Lipinski definition) is 2. The van der Waals surface area contributed by atoms with Crippen molar-refractivity contribution >= 4 is 5.97 Å². The van der Waals surface area contributed by atoms with Crippen LogP contribution in [0.1, 0.15) is 44.9 Å². The average molecular weight is 279 g/mol. The zero-order valence-electron chi connectivity index (χ0n) is 10.9. The molecule has 2 aliphatic rings. The number of carbonyl (C=O) groups is 1. The molecule has 0 spiro atoms. The number of rotatable bonds is 3. The van der Waals surface area contributed by atoms with E-state index in [2.05, 4.69) is 4.90 Å². The predicted octanol–water partition coefficient (Wildman–Crippen LogP) is 3.05. The Morgan fingerprint density at radius 3 is 2.16 bits per heavy atom. The smallest absolute Gasteiger partial charge is 0.391 e. The zero-order valence-corrected chi connectivity index (χ0v) is 10.9. The van der Waals surface area contributed by atoms with E-state index in [1.54, 1.807) is 0 Å². The highest BCUT2D eigenvalue weighted by molar-refractivity contribution is 5.68. The van der Waals surface area contributed by atoms with Crippen molar-refractivity contribution in [2.45, 2.75) is 56.7 Å². The Balaban J connectivity index is 2.07. The molecular formula is C13H20F3NO2. The molecule has 0 atom stereocenters. The molecular weight excluding hydrogens is 259 g/mol. The maximum atomic E-state index is 12.7. The fourth-order valence-electron chi connectivity index (χ4n) is 3.56. The van der Waals surface area contributed by atoms with Crippen LogP contribution in [0, 0.1) is 5.92 Å². The minimum absolute atomic E-state index is 0.0302. The van der Waals surface area contributed by atoms with Crippen LogP contribution in [0.25, 0.3) is 0 Å². The van der Waals surface area contributed by atoms with Crippen LogP contribution >= 0.6 is 0 Å². The second-order valence-corrected chi connectivity index (χ2v) is 5.80. The van der Waals surface area contributed by atoms with Crippen molar-refractivity contribution in [1.29, 1.82) is 0 Å². The highest BCUT2D eigenvalue weighted by Crippen LogP contribution is 2.45. The summed E-state index contributed by atoms with van der Waals surface area (Å²) in [6, 6.07) is 0. The van der Waals surface area contributed by atoms with Gasteiger partial charge in [0.15, 0.2) is 0 Å². The summed E-state index contributed by atoms with van der Waals surface area (Å²) >= 11 is 0. The van der Waals surface area contributed by atoms with Crippen LogP contribution < -0.4 is 0 Å². The van der Waals surface area contributed by atoms with Gasteiger partial charge in [-0.15, -0.1) is 0 Å². The second-order valence-electron chi connectivity index (χ2n) is 5.80. The SMILES string of the molecule is O=C(O)CC1(N2CCCC2)CCC(C(F)(F)F)CC1. The molecule has 0 unspecified atom stereocenters. The molecule has 0 radical (unpaired) electrons. The number of hydrogen-bond donors (Lipinski definition) is 1. The number of carboxylic acids is 1. The van der Waals surface area contributed by atoms with E-state index in [9.17, 15) is 18.0 Å². The Bertz CT molecular complexity index is 329. The third kappa shape index (κ3) is 3.22. The summed E-state index contributed by atoms with van der Waals surface area (Å²) in [6.07, 6.45) is -1.31. The quantitative estimate of drug-likeness (QED) is 0.863. The van der Waals surface area contributed by atoms with Gasteiger partial charge in [0, 0.05) is 5.54 Å². The van der Waals surface area contributed by atoms with Crippen LogP contribution in [-0.2, 0) is 4.79 Å². The van der Waals surface area contributed by atoms with Crippen molar-refractivity contribution in [2.75, 3.05) is 13.1 Å². The molecule has 1 saturated heterocycles. The molecule has 1 N–H and O–H groups in total. The van der Waals surface area contributed by atoms with E-state index in [4.69, 9.17) is 5.11 Å². The summed E-state index contributed by atoms with van der Waals surface area (Å²) in [7, 11) is 0. The molecule has 0 aromatic carbocycles. The third-order valence-electron chi connectivity index (χ3n) is 4.64. The van der Waals surface area contributed by atoms with Crippen molar-refractivity contribution in [2.24, 2.45) is 5.92 Å². The van der Waals surface area contributed by atoms with Gasteiger partial charge in [0.25, 0.3) is 0 Å². The van der Waals surface area contributed by atoms with Crippen LogP contribution in [0.5, 0.6) is 0 Å². The van der Waals surface area contributed by atoms with Gasteiger partial charge in [-0.3, -0.25) is 9.69 Å². The fraction of sp³-hybridized carbons (Fsp3) is 0.923. The normalized spacial score (nSPS) is 33.5. The average Bonchev–Trinajstić information content (AvgIpc) is 2.81. The lowest BCUT2D eigenvalue weighted by atomic mass is 9.73. The van der Waals surface area contributed by atoms with E-state index in [1.165, 1.54) is 0 Å². The molecule has 0 amide bonds. The van der Waals surface area contributed by atoms with Crippen LogP contribution in [0.2, 0.25) is 0 Å². The van der Waals surface area contributed by atoms with E-state index in [0.717, 1.165) is 25.9 Å². The zero-order chi connectivity index (χ0) is 14.1. The number of likely N-dealkylation sites (tertiary alicyclic amines) is 1. The van der Waals surface area contributed by atoms with Crippen molar-refractivity contribution < 1.29 is 23.1 Å². The fourth-order valence-corrected chi connectivity index (χ4v) is 3.56. The van der Waals surface area contributed by atoms with E-state index in [0.29, 0.717) is 12.8 Å². The van der Waals surface area contributed by atoms with Crippen molar-refractivity contribution in [1.82, 2.24) is 4.90 Å². The van der Waals surface area contributed by atoms with Crippen molar-refractivity contribution in [3.8, 4) is 0 Å². The number of halogens is 3. The molecule has 1 saturated carbocycles. The Kier molecular flexibility index (Phi) is 4.08. The summed E-state index contributed by atoms with van der Waals surface area (Å²) in [5, 5.41) is 9.07. The minimum atomic E-state index is -4.14. The molecule has 0 aromatic heterocycles. The highest BCUT2D eigenvalue weighted by atomic mass is 19.4. The standard InChI is InChI=1S/C13H20F3NO2/c14-13(15,16)10-3-5-12(6-4-10,9-11(18)19)17-7-1-2-8-17/h10H,1-9H2,(H,18,19). The van der Waals surface area contributed by atoms with Crippen molar-refractivity contribution in [3.63, 3.8) is 0 Å². The molecule has 3 nitrogen and oxygen atoms in total. The minimum Gasteiger partial charge on any atom is -0.481 e. The van der Waals surface area contributed by atoms with Gasteiger partial charge in [-0.05, 0) is 51.6 Å². The maximum Gasteiger partial charge on any atom is 0.391 e. The first-order chi connectivity index (χ1) is 8.83. The Morgan fingerprint density at radius 2 is 1.74 bits per heavy atom. The lowest BCUT2D eigenvalue weighted by Crippen LogP contribution is -2.52. The molecule has 2 fully saturated rings. The summed E-state index contributed by atoms with van der Waals surface area (Å²) in [6.45, 7) is 1.65. The Hall–Kier alpha value is -0.780. The van der Waals surface area contributed by atoms with Crippen LogP contribution in [0.15, 0.2) is 0 Å². The molecule has 1 aliphatic carbocycles. The molecule has 2 rings (SSSR count). The van der Waals surface area contributed by atoms with Gasteiger partial charge >= 0.3 is 12.1 Å².